The smallest absolute Gasteiger partial charge is 0.270 e. The van der Waals surface area contributed by atoms with E-state index in [4.69, 9.17) is 0 Å². The van der Waals surface area contributed by atoms with Crippen LogP contribution in [-0.4, -0.2) is 35.2 Å². The third kappa shape index (κ3) is 4.64. The maximum Gasteiger partial charge on any atom is 0.270 e. The molecule has 0 amide bonds. The van der Waals surface area contributed by atoms with E-state index >= 15 is 0 Å². The molecule has 2 saturated carbocycles. The zero-order valence-corrected chi connectivity index (χ0v) is 21.5. The quantitative estimate of drug-likeness (QED) is 0.486. The van der Waals surface area contributed by atoms with Crippen molar-refractivity contribution in [2.24, 2.45) is 13.0 Å². The second-order valence-electron chi connectivity index (χ2n) is 10.5. The second-order valence-corrected chi connectivity index (χ2v) is 10.5. The van der Waals surface area contributed by atoms with E-state index in [2.05, 4.69) is 22.0 Å². The van der Waals surface area contributed by atoms with E-state index in [0.717, 1.165) is 43.5 Å². The number of benzene rings is 1. The van der Waals surface area contributed by atoms with Crippen LogP contribution in [0.5, 0.6) is 0 Å². The predicted molar refractivity (Wildman–Crippen MR) is 142 cm³/mol. The SMILES string of the molecule is Cc1ccc(F)cc1N(CC1CC1)[C@H]1CC[C@H](N(C)c2c(C#N)c(=O)n(C)c3ccc(C#N)nc23)CC1. The fourth-order valence-corrected chi connectivity index (χ4v) is 5.75. The number of fused-ring (bicyclic) bond motifs is 1. The summed E-state index contributed by atoms with van der Waals surface area (Å²) in [6, 6.07) is 12.9. The van der Waals surface area contributed by atoms with Crippen molar-refractivity contribution >= 4 is 22.4 Å². The Morgan fingerprint density at radius 1 is 1.05 bits per heavy atom. The minimum absolute atomic E-state index is 0.0490. The summed E-state index contributed by atoms with van der Waals surface area (Å²) in [5.74, 6) is 0.467. The molecule has 0 aliphatic heterocycles. The summed E-state index contributed by atoms with van der Waals surface area (Å²) >= 11 is 0. The average Bonchev–Trinajstić information content (AvgIpc) is 3.74. The van der Waals surface area contributed by atoms with E-state index in [1.54, 1.807) is 25.2 Å². The van der Waals surface area contributed by atoms with Crippen molar-refractivity contribution < 1.29 is 4.39 Å². The number of nitriles is 2. The molecule has 0 saturated heterocycles. The normalized spacial score (nSPS) is 19.3. The lowest BCUT2D eigenvalue weighted by Crippen LogP contribution is -2.45. The third-order valence-electron chi connectivity index (χ3n) is 8.08. The molecule has 2 aromatic heterocycles. The highest BCUT2D eigenvalue weighted by atomic mass is 19.1. The Labute approximate surface area is 216 Å². The number of aromatic nitrogens is 2. The molecule has 1 aromatic carbocycles. The van der Waals surface area contributed by atoms with Crippen LogP contribution in [-0.2, 0) is 7.05 Å². The maximum atomic E-state index is 14.2. The van der Waals surface area contributed by atoms with Gasteiger partial charge in [0.2, 0.25) is 0 Å². The number of hydrogen-bond donors (Lipinski definition) is 0. The molecule has 37 heavy (non-hydrogen) atoms. The van der Waals surface area contributed by atoms with Crippen molar-refractivity contribution in [2.75, 3.05) is 23.4 Å². The highest BCUT2D eigenvalue weighted by molar-refractivity contribution is 5.92. The molecule has 0 unspecified atom stereocenters. The van der Waals surface area contributed by atoms with Gasteiger partial charge in [0.25, 0.3) is 5.56 Å². The van der Waals surface area contributed by atoms with E-state index in [1.807, 2.05) is 24.9 Å². The van der Waals surface area contributed by atoms with Crippen LogP contribution in [0, 0.1) is 41.3 Å². The van der Waals surface area contributed by atoms with Gasteiger partial charge >= 0.3 is 0 Å². The molecular weight excluding hydrogens is 467 g/mol. The zero-order chi connectivity index (χ0) is 26.3. The summed E-state index contributed by atoms with van der Waals surface area (Å²) < 4.78 is 15.6. The van der Waals surface area contributed by atoms with Crippen LogP contribution in [0.1, 0.15) is 55.3 Å². The highest BCUT2D eigenvalue weighted by Crippen LogP contribution is 2.38. The first-order chi connectivity index (χ1) is 17.8. The van der Waals surface area contributed by atoms with Gasteiger partial charge in [-0.2, -0.15) is 10.5 Å². The van der Waals surface area contributed by atoms with Gasteiger partial charge in [0.1, 0.15) is 34.7 Å². The summed E-state index contributed by atoms with van der Waals surface area (Å²) in [5.41, 5.74) is 3.59. The van der Waals surface area contributed by atoms with Gasteiger partial charge in [0.15, 0.2) is 0 Å². The predicted octanol–water partition coefficient (Wildman–Crippen LogP) is 4.79. The summed E-state index contributed by atoms with van der Waals surface area (Å²) in [6.07, 6.45) is 6.06. The molecule has 0 atom stereocenters. The summed E-state index contributed by atoms with van der Waals surface area (Å²) in [7, 11) is 3.54. The molecule has 0 bridgehead atoms. The molecule has 0 N–H and O–H groups in total. The van der Waals surface area contributed by atoms with E-state index in [0.29, 0.717) is 28.7 Å². The van der Waals surface area contributed by atoms with Crippen molar-refractivity contribution in [3.63, 3.8) is 0 Å². The Bertz CT molecular complexity index is 1490. The Morgan fingerprint density at radius 3 is 2.41 bits per heavy atom. The van der Waals surface area contributed by atoms with Gasteiger partial charge in [-0.15, -0.1) is 0 Å². The number of anilines is 2. The highest BCUT2D eigenvalue weighted by Gasteiger charge is 2.34. The number of pyridine rings is 2. The first-order valence-electron chi connectivity index (χ1n) is 12.9. The maximum absolute atomic E-state index is 14.2. The number of halogens is 1. The largest absolute Gasteiger partial charge is 0.369 e. The number of hydrogen-bond acceptors (Lipinski definition) is 6. The van der Waals surface area contributed by atoms with Crippen LogP contribution in [0.3, 0.4) is 0 Å². The van der Waals surface area contributed by atoms with E-state index in [-0.39, 0.29) is 28.7 Å². The molecule has 2 aliphatic carbocycles. The van der Waals surface area contributed by atoms with Gasteiger partial charge in [-0.25, -0.2) is 9.37 Å². The van der Waals surface area contributed by atoms with Crippen molar-refractivity contribution in [1.29, 1.82) is 10.5 Å². The van der Waals surface area contributed by atoms with Crippen LogP contribution in [0.15, 0.2) is 35.1 Å². The molecule has 0 spiro atoms. The Balaban J connectivity index is 1.44. The Kier molecular flexibility index (Phi) is 6.60. The fourth-order valence-electron chi connectivity index (χ4n) is 5.75. The van der Waals surface area contributed by atoms with Crippen LogP contribution >= 0.6 is 0 Å². The topological polar surface area (TPSA) is 89.0 Å². The van der Waals surface area contributed by atoms with Gasteiger partial charge in [-0.05, 0) is 81.2 Å². The molecule has 3 aromatic rings. The zero-order valence-electron chi connectivity index (χ0n) is 21.5. The Morgan fingerprint density at radius 2 is 1.76 bits per heavy atom. The van der Waals surface area contributed by atoms with Gasteiger partial charge < -0.3 is 14.4 Å². The first kappa shape index (κ1) is 24.8. The molecule has 2 heterocycles. The van der Waals surface area contributed by atoms with Crippen LogP contribution in [0.4, 0.5) is 15.8 Å². The first-order valence-corrected chi connectivity index (χ1v) is 12.9. The van der Waals surface area contributed by atoms with Gasteiger partial charge in [-0.1, -0.05) is 6.07 Å². The molecule has 190 valence electrons. The number of rotatable bonds is 6. The standard InChI is InChI=1S/C29H31FN6O/c1-18-4-7-20(30)14-26(18)36(17-19-5-6-19)23-11-9-22(10-12-23)34(2)28-24(16-32)29(37)35(3)25-13-8-21(15-31)33-27(25)28/h4,7-8,13-14,19,22-23H,5-6,9-12,17H2,1-3H3/t22-,23-. The van der Waals surface area contributed by atoms with E-state index in [1.165, 1.54) is 23.5 Å². The van der Waals surface area contributed by atoms with Gasteiger partial charge in [0, 0.05) is 38.4 Å². The van der Waals surface area contributed by atoms with E-state index < -0.39 is 0 Å². The molecule has 5 rings (SSSR count). The average molecular weight is 499 g/mol. The summed E-state index contributed by atoms with van der Waals surface area (Å²) in [5, 5.41) is 19.3. The van der Waals surface area contributed by atoms with Crippen LogP contribution in [0.2, 0.25) is 0 Å². The van der Waals surface area contributed by atoms with E-state index in [9.17, 15) is 19.7 Å². The lowest BCUT2D eigenvalue weighted by atomic mass is 9.88. The van der Waals surface area contributed by atoms with Gasteiger partial charge in [0.05, 0.1) is 11.2 Å². The molecule has 8 heteroatoms. The summed E-state index contributed by atoms with van der Waals surface area (Å²) in [6.45, 7) is 3.00. The fraction of sp³-hybridized carbons (Fsp3) is 0.448. The number of aryl methyl sites for hydroxylation is 2. The molecule has 2 aliphatic rings. The summed E-state index contributed by atoms with van der Waals surface area (Å²) in [4.78, 5) is 22.0. The molecule has 7 nitrogen and oxygen atoms in total. The van der Waals surface area contributed by atoms with Gasteiger partial charge in [-0.3, -0.25) is 4.79 Å². The number of nitrogens with zero attached hydrogens (tertiary/aromatic N) is 6. The molecular formula is C29H31FN6O. The third-order valence-corrected chi connectivity index (χ3v) is 8.08. The lowest BCUT2D eigenvalue weighted by molar-refractivity contribution is 0.364. The Hall–Kier alpha value is -3.91. The van der Waals surface area contributed by atoms with Crippen molar-refractivity contribution in [2.45, 2.75) is 57.5 Å². The monoisotopic (exact) mass is 498 g/mol. The molecule has 0 radical (unpaired) electrons. The van der Waals surface area contributed by atoms with Crippen LogP contribution in [0.25, 0.3) is 11.0 Å². The van der Waals surface area contributed by atoms with Crippen molar-refractivity contribution in [3.05, 3.63) is 63.3 Å². The lowest BCUT2D eigenvalue weighted by Gasteiger charge is -2.42. The second kappa shape index (κ2) is 9.86. The van der Waals surface area contributed by atoms with Crippen LogP contribution < -0.4 is 15.4 Å². The minimum atomic E-state index is -0.366. The van der Waals surface area contributed by atoms with Crippen molar-refractivity contribution in [3.8, 4) is 12.1 Å². The van der Waals surface area contributed by atoms with Crippen molar-refractivity contribution in [1.82, 2.24) is 9.55 Å². The molecule has 2 fully saturated rings. The minimum Gasteiger partial charge on any atom is -0.369 e.